The van der Waals surface area contributed by atoms with Crippen LogP contribution in [0.1, 0.15) is 0 Å². The topological polar surface area (TPSA) is 79.2 Å². The molecule has 5 nitrogen and oxygen atoms in total. The van der Waals surface area contributed by atoms with E-state index >= 15 is 0 Å². The lowest BCUT2D eigenvalue weighted by Gasteiger charge is -2.32. The highest BCUT2D eigenvalue weighted by molar-refractivity contribution is 4.68. The molecule has 3 N–H and O–H groups in total. The first-order valence-electron chi connectivity index (χ1n) is 2.93. The molecule has 0 aromatic heterocycles. The molecule has 60 valence electrons. The second-order valence-electron chi connectivity index (χ2n) is 2.18. The largest absolute Gasteiger partial charge is 0.391 e. The highest BCUT2D eigenvalue weighted by atomic mass is 16.7. The summed E-state index contributed by atoms with van der Waals surface area (Å²) in [4.78, 5) is 0. The fourth-order valence-corrected chi connectivity index (χ4v) is 0.634. The Labute approximate surface area is 57.8 Å². The highest BCUT2D eigenvalue weighted by Crippen LogP contribution is 2.13. The van der Waals surface area contributed by atoms with Crippen molar-refractivity contribution >= 4 is 0 Å². The molecule has 1 rings (SSSR count). The Morgan fingerprint density at radius 1 is 1.60 bits per heavy atom. The van der Waals surface area contributed by atoms with Crippen LogP contribution in [0.2, 0.25) is 0 Å². The van der Waals surface area contributed by atoms with Gasteiger partial charge in [-0.1, -0.05) is 0 Å². The summed E-state index contributed by atoms with van der Waals surface area (Å²) in [6.45, 7) is -0.846. The molecule has 0 spiro atoms. The Bertz CT molecular complexity index is 107. The van der Waals surface area contributed by atoms with E-state index in [1.54, 1.807) is 0 Å². The molecule has 0 radical (unpaired) electrons. The quantitative estimate of drug-likeness (QED) is 0.404. The number of hydrogen-bond acceptors (Lipinski definition) is 5. The standard InChI is InChI=1S/C5H10O5/c6-2-5(8)3-9-4(7)1-10-5/h4,6-8H,1-3H2. The fraction of sp³-hybridized carbons (Fsp3) is 1.00. The zero-order chi connectivity index (χ0) is 7.61. The van der Waals surface area contributed by atoms with Gasteiger partial charge in [0, 0.05) is 0 Å². The van der Waals surface area contributed by atoms with E-state index in [4.69, 9.17) is 15.3 Å². The van der Waals surface area contributed by atoms with Gasteiger partial charge in [0.2, 0.25) is 5.79 Å². The number of rotatable bonds is 1. The van der Waals surface area contributed by atoms with E-state index in [9.17, 15) is 0 Å². The van der Waals surface area contributed by atoms with Crippen molar-refractivity contribution in [3.63, 3.8) is 0 Å². The van der Waals surface area contributed by atoms with Crippen LogP contribution in [0.5, 0.6) is 0 Å². The summed E-state index contributed by atoms with van der Waals surface area (Å²) in [5, 5.41) is 26.3. The first-order chi connectivity index (χ1) is 4.66. The van der Waals surface area contributed by atoms with Gasteiger partial charge in [0.1, 0.15) is 13.2 Å². The average Bonchev–Trinajstić information content (AvgIpc) is 1.96. The van der Waals surface area contributed by atoms with Gasteiger partial charge in [0.25, 0.3) is 0 Å². The van der Waals surface area contributed by atoms with Crippen LogP contribution in [-0.4, -0.2) is 47.2 Å². The van der Waals surface area contributed by atoms with Gasteiger partial charge >= 0.3 is 0 Å². The molecule has 0 bridgehead atoms. The van der Waals surface area contributed by atoms with Crippen molar-refractivity contribution in [1.82, 2.24) is 0 Å². The monoisotopic (exact) mass is 150 g/mol. The molecule has 1 heterocycles. The Morgan fingerprint density at radius 3 is 2.70 bits per heavy atom. The molecule has 5 heteroatoms. The van der Waals surface area contributed by atoms with Crippen molar-refractivity contribution in [2.75, 3.05) is 19.8 Å². The molecule has 10 heavy (non-hydrogen) atoms. The summed E-state index contributed by atoms with van der Waals surface area (Å²) in [5.41, 5.74) is 0. The number of hydrogen-bond donors (Lipinski definition) is 3. The zero-order valence-electron chi connectivity index (χ0n) is 5.36. The Morgan fingerprint density at radius 2 is 2.30 bits per heavy atom. The van der Waals surface area contributed by atoms with Gasteiger partial charge in [-0.3, -0.25) is 0 Å². The summed E-state index contributed by atoms with van der Waals surface area (Å²) in [6, 6.07) is 0. The molecule has 0 saturated carbocycles. The third-order valence-corrected chi connectivity index (χ3v) is 1.24. The summed E-state index contributed by atoms with van der Waals surface area (Å²) in [7, 11) is 0. The molecule has 0 aromatic rings. The Balaban J connectivity index is 2.38. The predicted octanol–water partition coefficient (Wildman–Crippen LogP) is -1.97. The number of ether oxygens (including phenoxy) is 2. The van der Waals surface area contributed by atoms with Crippen LogP contribution in [0.3, 0.4) is 0 Å². The van der Waals surface area contributed by atoms with Crippen molar-refractivity contribution in [3.8, 4) is 0 Å². The maximum atomic E-state index is 9.09. The minimum Gasteiger partial charge on any atom is -0.391 e. The lowest BCUT2D eigenvalue weighted by atomic mass is 10.3. The van der Waals surface area contributed by atoms with E-state index in [0.717, 1.165) is 0 Å². The van der Waals surface area contributed by atoms with Crippen LogP contribution in [0.15, 0.2) is 0 Å². The third-order valence-electron chi connectivity index (χ3n) is 1.24. The molecule has 1 fully saturated rings. The molecular weight excluding hydrogens is 140 g/mol. The summed E-state index contributed by atoms with van der Waals surface area (Å²) in [5.74, 6) is -1.63. The van der Waals surface area contributed by atoms with Crippen molar-refractivity contribution < 1.29 is 24.8 Å². The van der Waals surface area contributed by atoms with E-state index < -0.39 is 18.7 Å². The molecule has 0 amide bonds. The molecule has 0 aromatic carbocycles. The van der Waals surface area contributed by atoms with Crippen LogP contribution in [0.4, 0.5) is 0 Å². The Hall–Kier alpha value is -0.200. The van der Waals surface area contributed by atoms with E-state index in [0.29, 0.717) is 0 Å². The van der Waals surface area contributed by atoms with Gasteiger partial charge in [-0.15, -0.1) is 0 Å². The van der Waals surface area contributed by atoms with Gasteiger partial charge in [0.15, 0.2) is 6.29 Å². The maximum Gasteiger partial charge on any atom is 0.213 e. The lowest BCUT2D eigenvalue weighted by Crippen LogP contribution is -2.49. The first-order valence-corrected chi connectivity index (χ1v) is 2.93. The molecule has 1 aliphatic rings. The van der Waals surface area contributed by atoms with E-state index in [2.05, 4.69) is 9.47 Å². The second kappa shape index (κ2) is 2.81. The average molecular weight is 150 g/mol. The van der Waals surface area contributed by atoms with Crippen LogP contribution >= 0.6 is 0 Å². The SMILES string of the molecule is OCC1(O)COC(O)CO1. The summed E-state index contributed by atoms with van der Waals surface area (Å²) in [6.07, 6.45) is -0.994. The third kappa shape index (κ3) is 1.65. The van der Waals surface area contributed by atoms with Crippen LogP contribution in [0, 0.1) is 0 Å². The molecule has 1 aliphatic heterocycles. The molecule has 0 aliphatic carbocycles. The molecule has 2 unspecified atom stereocenters. The number of aliphatic hydroxyl groups excluding tert-OH is 2. The van der Waals surface area contributed by atoms with Crippen molar-refractivity contribution in [1.29, 1.82) is 0 Å². The van der Waals surface area contributed by atoms with Gasteiger partial charge in [-0.25, -0.2) is 0 Å². The smallest absolute Gasteiger partial charge is 0.213 e. The fourth-order valence-electron chi connectivity index (χ4n) is 0.634. The van der Waals surface area contributed by atoms with Crippen LogP contribution in [-0.2, 0) is 9.47 Å². The summed E-state index contributed by atoms with van der Waals surface area (Å²) >= 11 is 0. The van der Waals surface area contributed by atoms with Gasteiger partial charge in [-0.2, -0.15) is 0 Å². The minimum absolute atomic E-state index is 0.114. The second-order valence-corrected chi connectivity index (χ2v) is 2.18. The van der Waals surface area contributed by atoms with Crippen LogP contribution < -0.4 is 0 Å². The maximum absolute atomic E-state index is 9.09. The normalized spacial score (nSPS) is 41.7. The zero-order valence-corrected chi connectivity index (χ0v) is 5.36. The van der Waals surface area contributed by atoms with Gasteiger partial charge < -0.3 is 24.8 Å². The van der Waals surface area contributed by atoms with E-state index in [-0.39, 0.29) is 13.2 Å². The lowest BCUT2D eigenvalue weighted by molar-refractivity contribution is -0.330. The van der Waals surface area contributed by atoms with Crippen LogP contribution in [0.25, 0.3) is 0 Å². The predicted molar refractivity (Wildman–Crippen MR) is 29.9 cm³/mol. The van der Waals surface area contributed by atoms with Gasteiger partial charge in [0.05, 0.1) is 6.61 Å². The minimum atomic E-state index is -1.63. The van der Waals surface area contributed by atoms with Crippen molar-refractivity contribution in [2.24, 2.45) is 0 Å². The van der Waals surface area contributed by atoms with Gasteiger partial charge in [-0.05, 0) is 0 Å². The van der Waals surface area contributed by atoms with Crippen molar-refractivity contribution in [2.45, 2.75) is 12.1 Å². The highest BCUT2D eigenvalue weighted by Gasteiger charge is 2.33. The first kappa shape index (κ1) is 7.90. The van der Waals surface area contributed by atoms with E-state index in [1.165, 1.54) is 0 Å². The molecular formula is C5H10O5. The van der Waals surface area contributed by atoms with Crippen molar-refractivity contribution in [3.05, 3.63) is 0 Å². The summed E-state index contributed by atoms with van der Waals surface area (Å²) < 4.78 is 9.26. The number of aliphatic hydroxyl groups is 3. The molecule has 1 saturated heterocycles. The molecule has 2 atom stereocenters. The van der Waals surface area contributed by atoms with E-state index in [1.807, 2.05) is 0 Å². The Kier molecular flexibility index (Phi) is 2.22.